The number of esters is 1. The number of carbonyl (C=O) groups is 2. The Hall–Kier alpha value is -5.08. The molecule has 0 unspecified atom stereocenters. The second kappa shape index (κ2) is 11.3. The number of hydrogen-bond acceptors (Lipinski definition) is 8. The summed E-state index contributed by atoms with van der Waals surface area (Å²) >= 11 is 0. The Morgan fingerprint density at radius 1 is 1.06 bits per heavy atom. The fourth-order valence-electron chi connectivity index (χ4n) is 5.49. The van der Waals surface area contributed by atoms with E-state index in [1.165, 1.54) is 35.6 Å². The van der Waals surface area contributed by atoms with Crippen LogP contribution in [0.25, 0.3) is 38.8 Å². The van der Waals surface area contributed by atoms with Gasteiger partial charge in [-0.2, -0.15) is 18.3 Å². The Morgan fingerprint density at radius 3 is 2.34 bits per heavy atom. The lowest BCUT2D eigenvalue weighted by molar-refractivity contribution is -0.146. The van der Waals surface area contributed by atoms with Crippen LogP contribution in [-0.2, 0) is 25.9 Å². The summed E-state index contributed by atoms with van der Waals surface area (Å²) in [4.78, 5) is 43.5. The number of benzene rings is 1. The number of aromatic nitrogens is 6. The molecule has 1 saturated carbocycles. The first-order valence-electron chi connectivity index (χ1n) is 14.9. The summed E-state index contributed by atoms with van der Waals surface area (Å²) in [6, 6.07) is 3.21. The van der Waals surface area contributed by atoms with Crippen molar-refractivity contribution in [2.45, 2.75) is 64.7 Å². The van der Waals surface area contributed by atoms with Gasteiger partial charge in [0.1, 0.15) is 28.3 Å². The molecule has 5 aromatic rings. The summed E-state index contributed by atoms with van der Waals surface area (Å²) < 4.78 is 68.3. The molecule has 4 aromatic heterocycles. The van der Waals surface area contributed by atoms with Crippen molar-refractivity contribution in [2.75, 3.05) is 18.1 Å². The van der Waals surface area contributed by atoms with Crippen LogP contribution in [0.5, 0.6) is 0 Å². The maximum atomic E-state index is 15.4. The molecule has 4 heterocycles. The fraction of sp³-hybridized carbons (Fsp3) is 0.375. The lowest BCUT2D eigenvalue weighted by Gasteiger charge is -2.27. The van der Waals surface area contributed by atoms with Gasteiger partial charge >= 0.3 is 18.2 Å². The SMILES string of the molecule is CCOC(=O)C1(c2ncc(-c3cnc4[nH]c5c(N(CC)C(=O)OC(C)(C)C)cc(F)cc5c4c3-n3ccc(C(F)(F)F)n3)cn2)CC1. The zero-order chi connectivity index (χ0) is 33.9. The van der Waals surface area contributed by atoms with Gasteiger partial charge in [0.15, 0.2) is 5.69 Å². The van der Waals surface area contributed by atoms with E-state index in [1.807, 2.05) is 0 Å². The number of anilines is 1. The first-order valence-corrected chi connectivity index (χ1v) is 14.9. The molecule has 1 amide bonds. The minimum absolute atomic E-state index is 0.124. The van der Waals surface area contributed by atoms with Crippen LogP contribution in [-0.4, -0.2) is 60.5 Å². The van der Waals surface area contributed by atoms with E-state index in [9.17, 15) is 22.8 Å². The highest BCUT2D eigenvalue weighted by Crippen LogP contribution is 2.48. The number of rotatable bonds is 7. The van der Waals surface area contributed by atoms with Crippen molar-refractivity contribution in [3.05, 3.63) is 60.3 Å². The second-order valence-electron chi connectivity index (χ2n) is 12.2. The summed E-state index contributed by atoms with van der Waals surface area (Å²) in [5.41, 5.74) is -1.47. The first-order chi connectivity index (χ1) is 22.2. The number of pyridine rings is 1. The highest BCUT2D eigenvalue weighted by molar-refractivity contribution is 6.16. The molecule has 0 radical (unpaired) electrons. The van der Waals surface area contributed by atoms with Gasteiger partial charge in [-0.15, -0.1) is 0 Å². The van der Waals surface area contributed by atoms with Crippen LogP contribution in [0.2, 0.25) is 0 Å². The Kier molecular flexibility index (Phi) is 7.68. The van der Waals surface area contributed by atoms with Crippen molar-refractivity contribution in [3.63, 3.8) is 0 Å². The molecule has 246 valence electrons. The van der Waals surface area contributed by atoms with E-state index in [1.54, 1.807) is 34.6 Å². The van der Waals surface area contributed by atoms with E-state index in [-0.39, 0.29) is 52.3 Å². The maximum absolute atomic E-state index is 15.4. The Morgan fingerprint density at radius 2 is 1.77 bits per heavy atom. The predicted octanol–water partition coefficient (Wildman–Crippen LogP) is 6.87. The van der Waals surface area contributed by atoms with Crippen LogP contribution in [0.4, 0.5) is 28.0 Å². The predicted molar refractivity (Wildman–Crippen MR) is 164 cm³/mol. The van der Waals surface area contributed by atoms with Gasteiger partial charge in [0.2, 0.25) is 0 Å². The van der Waals surface area contributed by atoms with Crippen LogP contribution in [0.15, 0.2) is 43.0 Å². The molecule has 1 aromatic carbocycles. The monoisotopic (exact) mass is 653 g/mol. The van der Waals surface area contributed by atoms with Crippen LogP contribution < -0.4 is 4.90 Å². The molecule has 0 bridgehead atoms. The number of nitrogens with one attached hydrogen (secondary N) is 1. The highest BCUT2D eigenvalue weighted by Gasteiger charge is 2.55. The summed E-state index contributed by atoms with van der Waals surface area (Å²) in [6.07, 6.45) is 1.07. The quantitative estimate of drug-likeness (QED) is 0.149. The van der Waals surface area contributed by atoms with Crippen LogP contribution in [0, 0.1) is 5.82 Å². The molecular formula is C32H31F4N7O4. The summed E-state index contributed by atoms with van der Waals surface area (Å²) in [7, 11) is 0. The van der Waals surface area contributed by atoms with Gasteiger partial charge in [0.25, 0.3) is 0 Å². The molecule has 0 spiro atoms. The van der Waals surface area contributed by atoms with E-state index < -0.39 is 40.8 Å². The largest absolute Gasteiger partial charge is 0.465 e. The van der Waals surface area contributed by atoms with Crippen molar-refractivity contribution in [1.82, 2.24) is 29.7 Å². The molecule has 0 aliphatic heterocycles. The average Bonchev–Trinajstić information content (AvgIpc) is 3.49. The third-order valence-electron chi connectivity index (χ3n) is 7.78. The summed E-state index contributed by atoms with van der Waals surface area (Å²) in [5, 5.41) is 4.30. The van der Waals surface area contributed by atoms with Crippen molar-refractivity contribution in [2.24, 2.45) is 0 Å². The molecule has 0 saturated heterocycles. The third-order valence-corrected chi connectivity index (χ3v) is 7.78. The van der Waals surface area contributed by atoms with Gasteiger partial charge in [-0.05, 0) is 65.7 Å². The van der Waals surface area contributed by atoms with E-state index >= 15 is 4.39 Å². The topological polar surface area (TPSA) is 128 Å². The van der Waals surface area contributed by atoms with Gasteiger partial charge in [0.05, 0.1) is 28.9 Å². The van der Waals surface area contributed by atoms with E-state index in [0.29, 0.717) is 23.9 Å². The molecule has 11 nitrogen and oxygen atoms in total. The first kappa shape index (κ1) is 31.9. The lowest BCUT2D eigenvalue weighted by Crippen LogP contribution is -2.37. The van der Waals surface area contributed by atoms with Crippen molar-refractivity contribution in [3.8, 4) is 16.8 Å². The molecule has 47 heavy (non-hydrogen) atoms. The van der Waals surface area contributed by atoms with Gasteiger partial charge in [-0.1, -0.05) is 0 Å². The van der Waals surface area contributed by atoms with Crippen molar-refractivity contribution >= 4 is 39.7 Å². The van der Waals surface area contributed by atoms with E-state index in [4.69, 9.17) is 9.47 Å². The summed E-state index contributed by atoms with van der Waals surface area (Å²) in [5.74, 6) is -0.851. The molecule has 1 aliphatic carbocycles. The minimum Gasteiger partial charge on any atom is -0.465 e. The molecule has 15 heteroatoms. The number of nitrogens with zero attached hydrogens (tertiary/aromatic N) is 6. The standard InChI is InChI=1S/C32H31F4N7O4/c1-6-42(29(45)47-30(3,4)5)21-13-18(33)12-19-23-25(43-11-8-22(41-43)32(34,35)36)20(16-37-26(23)40-24(19)21)17-14-38-27(39-15-17)31(9-10-31)28(44)46-7-2/h8,11-16H,6-7,9-10H2,1-5H3,(H,37,40). The number of carbonyl (C=O) groups excluding carboxylic acids is 2. The number of halogens is 4. The van der Waals surface area contributed by atoms with Crippen LogP contribution >= 0.6 is 0 Å². The number of alkyl halides is 3. The van der Waals surface area contributed by atoms with E-state index in [2.05, 4.69) is 25.0 Å². The number of amides is 1. The van der Waals surface area contributed by atoms with Crippen LogP contribution in [0.1, 0.15) is 59.0 Å². The van der Waals surface area contributed by atoms with Gasteiger partial charge in [-0.25, -0.2) is 28.8 Å². The number of fused-ring (bicyclic) bond motifs is 3. The van der Waals surface area contributed by atoms with Gasteiger partial charge in [0, 0.05) is 47.8 Å². The smallest absolute Gasteiger partial charge is 0.435 e. The molecule has 1 aliphatic rings. The van der Waals surface area contributed by atoms with Gasteiger partial charge in [-0.3, -0.25) is 9.69 Å². The molecule has 1 fully saturated rings. The third kappa shape index (κ3) is 5.74. The number of aromatic amines is 1. The minimum atomic E-state index is -4.73. The van der Waals surface area contributed by atoms with Crippen molar-refractivity contribution in [1.29, 1.82) is 0 Å². The highest BCUT2D eigenvalue weighted by atomic mass is 19.4. The Labute approximate surface area is 265 Å². The molecule has 6 rings (SSSR count). The van der Waals surface area contributed by atoms with Gasteiger partial charge < -0.3 is 14.5 Å². The zero-order valence-electron chi connectivity index (χ0n) is 26.2. The fourth-order valence-corrected chi connectivity index (χ4v) is 5.49. The number of H-pyrrole nitrogens is 1. The van der Waals surface area contributed by atoms with Crippen LogP contribution in [0.3, 0.4) is 0 Å². The number of hydrogen-bond donors (Lipinski definition) is 1. The molecule has 0 atom stereocenters. The Bertz CT molecular complexity index is 2010. The van der Waals surface area contributed by atoms with Crippen molar-refractivity contribution < 1.29 is 36.6 Å². The molecule has 1 N–H and O–H groups in total. The normalized spacial score (nSPS) is 14.4. The van der Waals surface area contributed by atoms with E-state index in [0.717, 1.165) is 16.9 Å². The average molecular weight is 654 g/mol. The number of ether oxygens (including phenoxy) is 2. The second-order valence-corrected chi connectivity index (χ2v) is 12.2. The summed E-state index contributed by atoms with van der Waals surface area (Å²) in [6.45, 7) is 8.85. The lowest BCUT2D eigenvalue weighted by atomic mass is 10.0. The maximum Gasteiger partial charge on any atom is 0.435 e. The Balaban J connectivity index is 1.57. The zero-order valence-corrected chi connectivity index (χ0v) is 26.2. The molecular weight excluding hydrogens is 622 g/mol.